The summed E-state index contributed by atoms with van der Waals surface area (Å²) in [5.41, 5.74) is 0.696. The number of imide groups is 1. The van der Waals surface area contributed by atoms with E-state index in [1.54, 1.807) is 36.1 Å². The third-order valence-electron chi connectivity index (χ3n) is 4.99. The summed E-state index contributed by atoms with van der Waals surface area (Å²) in [6, 6.07) is 6.57. The maximum Gasteiger partial charge on any atom is 0.308 e. The van der Waals surface area contributed by atoms with Gasteiger partial charge in [-0.2, -0.15) is 0 Å². The summed E-state index contributed by atoms with van der Waals surface area (Å²) in [5, 5.41) is 0. The first-order valence-corrected chi connectivity index (χ1v) is 9.42. The molecular formula is C20H24N2O5. The Morgan fingerprint density at radius 1 is 1.00 bits per heavy atom. The summed E-state index contributed by atoms with van der Waals surface area (Å²) >= 11 is 0. The average molecular weight is 372 g/mol. The van der Waals surface area contributed by atoms with E-state index in [1.807, 2.05) is 0 Å². The van der Waals surface area contributed by atoms with E-state index in [2.05, 4.69) is 0 Å². The number of hydrogen-bond acceptors (Lipinski definition) is 5. The van der Waals surface area contributed by atoms with E-state index in [0.717, 1.165) is 30.6 Å². The number of likely N-dealkylation sites (tertiary alicyclic amines) is 1. The lowest BCUT2D eigenvalue weighted by Gasteiger charge is -2.24. The lowest BCUT2D eigenvalue weighted by molar-refractivity contribution is -0.159. The van der Waals surface area contributed by atoms with Crippen LogP contribution in [-0.2, 0) is 14.3 Å². The van der Waals surface area contributed by atoms with E-state index in [-0.39, 0.29) is 18.9 Å². The Morgan fingerprint density at radius 2 is 1.56 bits per heavy atom. The van der Waals surface area contributed by atoms with Gasteiger partial charge in [-0.05, 0) is 31.9 Å². The highest BCUT2D eigenvalue weighted by molar-refractivity contribution is 6.21. The molecule has 1 fully saturated rings. The van der Waals surface area contributed by atoms with Gasteiger partial charge in [0.25, 0.3) is 17.7 Å². The van der Waals surface area contributed by atoms with Crippen molar-refractivity contribution in [3.8, 4) is 0 Å². The average Bonchev–Trinajstić information content (AvgIpc) is 2.86. The molecule has 2 aliphatic rings. The SMILES string of the molecule is C[C@H](OC(=O)CCN1C(=O)c2ccccc2C1=O)C(=O)N1CCCCCC1. The van der Waals surface area contributed by atoms with Gasteiger partial charge in [-0.15, -0.1) is 0 Å². The molecule has 3 amide bonds. The second-order valence-corrected chi connectivity index (χ2v) is 6.93. The van der Waals surface area contributed by atoms with Crippen molar-refractivity contribution >= 4 is 23.7 Å². The quantitative estimate of drug-likeness (QED) is 0.583. The summed E-state index contributed by atoms with van der Waals surface area (Å²) < 4.78 is 5.23. The van der Waals surface area contributed by atoms with E-state index in [9.17, 15) is 19.2 Å². The van der Waals surface area contributed by atoms with Crippen molar-refractivity contribution in [3.63, 3.8) is 0 Å². The van der Waals surface area contributed by atoms with Crippen LogP contribution in [-0.4, -0.2) is 59.2 Å². The Bertz CT molecular complexity index is 717. The predicted molar refractivity (Wildman–Crippen MR) is 97.0 cm³/mol. The van der Waals surface area contributed by atoms with E-state index < -0.39 is 23.9 Å². The molecule has 0 saturated carbocycles. The molecule has 1 aromatic rings. The summed E-state index contributed by atoms with van der Waals surface area (Å²) in [4.78, 5) is 51.9. The molecule has 27 heavy (non-hydrogen) atoms. The summed E-state index contributed by atoms with van der Waals surface area (Å²) in [6.45, 7) is 2.88. The van der Waals surface area contributed by atoms with E-state index in [1.165, 1.54) is 0 Å². The molecule has 1 saturated heterocycles. The highest BCUT2D eigenvalue weighted by Gasteiger charge is 2.35. The fourth-order valence-corrected chi connectivity index (χ4v) is 3.50. The third kappa shape index (κ3) is 4.18. The molecule has 2 heterocycles. The van der Waals surface area contributed by atoms with Crippen LogP contribution < -0.4 is 0 Å². The molecule has 7 nitrogen and oxygen atoms in total. The van der Waals surface area contributed by atoms with Gasteiger partial charge in [0.2, 0.25) is 0 Å². The third-order valence-corrected chi connectivity index (χ3v) is 4.99. The van der Waals surface area contributed by atoms with E-state index in [4.69, 9.17) is 4.74 Å². The fraction of sp³-hybridized carbons (Fsp3) is 0.500. The first-order valence-electron chi connectivity index (χ1n) is 9.42. The molecule has 0 bridgehead atoms. The molecule has 3 rings (SSSR count). The topological polar surface area (TPSA) is 84.0 Å². The van der Waals surface area contributed by atoms with Gasteiger partial charge in [0.15, 0.2) is 6.10 Å². The van der Waals surface area contributed by atoms with Crippen molar-refractivity contribution in [1.82, 2.24) is 9.80 Å². The number of fused-ring (bicyclic) bond motifs is 1. The number of esters is 1. The monoisotopic (exact) mass is 372 g/mol. The highest BCUT2D eigenvalue weighted by Crippen LogP contribution is 2.22. The molecule has 7 heteroatoms. The molecule has 0 aromatic heterocycles. The van der Waals surface area contributed by atoms with Crippen molar-refractivity contribution in [3.05, 3.63) is 35.4 Å². The second-order valence-electron chi connectivity index (χ2n) is 6.93. The number of ether oxygens (including phenoxy) is 1. The molecule has 1 aromatic carbocycles. The summed E-state index contributed by atoms with van der Waals surface area (Å²) in [5.74, 6) is -1.60. The minimum Gasteiger partial charge on any atom is -0.452 e. The number of benzene rings is 1. The van der Waals surface area contributed by atoms with Crippen LogP contribution in [0, 0.1) is 0 Å². The Kier molecular flexibility index (Phi) is 5.88. The zero-order chi connectivity index (χ0) is 19.4. The lowest BCUT2D eigenvalue weighted by Crippen LogP contribution is -2.41. The molecular weight excluding hydrogens is 348 g/mol. The first kappa shape index (κ1) is 19.1. The minimum absolute atomic E-state index is 0.0597. The van der Waals surface area contributed by atoms with Crippen molar-refractivity contribution in [2.24, 2.45) is 0 Å². The van der Waals surface area contributed by atoms with Crippen LogP contribution in [0.4, 0.5) is 0 Å². The van der Waals surface area contributed by atoms with Crippen LogP contribution in [0.2, 0.25) is 0 Å². The van der Waals surface area contributed by atoms with Gasteiger partial charge < -0.3 is 9.64 Å². The van der Waals surface area contributed by atoms with Crippen molar-refractivity contribution in [1.29, 1.82) is 0 Å². The molecule has 0 radical (unpaired) electrons. The van der Waals surface area contributed by atoms with Crippen molar-refractivity contribution in [2.75, 3.05) is 19.6 Å². The van der Waals surface area contributed by atoms with Crippen LogP contribution in [0.1, 0.15) is 59.7 Å². The van der Waals surface area contributed by atoms with Crippen LogP contribution >= 0.6 is 0 Å². The predicted octanol–water partition coefficient (Wildman–Crippen LogP) is 2.01. The Hall–Kier alpha value is -2.70. The van der Waals surface area contributed by atoms with E-state index in [0.29, 0.717) is 24.2 Å². The minimum atomic E-state index is -0.863. The number of rotatable bonds is 5. The number of hydrogen-bond donors (Lipinski definition) is 0. The number of amides is 3. The van der Waals surface area contributed by atoms with Crippen LogP contribution in [0.3, 0.4) is 0 Å². The van der Waals surface area contributed by atoms with Crippen LogP contribution in [0.15, 0.2) is 24.3 Å². The summed E-state index contributed by atoms with van der Waals surface area (Å²) in [7, 11) is 0. The largest absolute Gasteiger partial charge is 0.452 e. The van der Waals surface area contributed by atoms with Gasteiger partial charge in [0.05, 0.1) is 17.5 Å². The van der Waals surface area contributed by atoms with Crippen molar-refractivity contribution in [2.45, 2.75) is 45.1 Å². The molecule has 0 spiro atoms. The Morgan fingerprint density at radius 3 is 2.11 bits per heavy atom. The molecule has 144 valence electrons. The fourth-order valence-electron chi connectivity index (χ4n) is 3.50. The Labute approximate surface area is 158 Å². The number of carbonyl (C=O) groups excluding carboxylic acids is 4. The zero-order valence-electron chi connectivity index (χ0n) is 15.5. The molecule has 0 aliphatic carbocycles. The first-order chi connectivity index (χ1) is 13.0. The van der Waals surface area contributed by atoms with Crippen LogP contribution in [0.5, 0.6) is 0 Å². The zero-order valence-corrected chi connectivity index (χ0v) is 15.5. The van der Waals surface area contributed by atoms with Gasteiger partial charge >= 0.3 is 5.97 Å². The normalized spacial score (nSPS) is 18.1. The van der Waals surface area contributed by atoms with Gasteiger partial charge in [-0.3, -0.25) is 24.1 Å². The molecule has 0 N–H and O–H groups in total. The number of nitrogens with zero attached hydrogens (tertiary/aromatic N) is 2. The molecule has 1 atom stereocenters. The number of carbonyl (C=O) groups is 4. The van der Waals surface area contributed by atoms with Gasteiger partial charge in [0, 0.05) is 19.6 Å². The lowest BCUT2D eigenvalue weighted by atomic mass is 10.1. The van der Waals surface area contributed by atoms with Crippen molar-refractivity contribution < 1.29 is 23.9 Å². The maximum absolute atomic E-state index is 12.4. The highest BCUT2D eigenvalue weighted by atomic mass is 16.5. The van der Waals surface area contributed by atoms with Gasteiger partial charge in [-0.25, -0.2) is 0 Å². The molecule has 2 aliphatic heterocycles. The smallest absolute Gasteiger partial charge is 0.308 e. The maximum atomic E-state index is 12.4. The van der Waals surface area contributed by atoms with Gasteiger partial charge in [0.1, 0.15) is 0 Å². The van der Waals surface area contributed by atoms with E-state index >= 15 is 0 Å². The second kappa shape index (κ2) is 8.33. The van der Waals surface area contributed by atoms with Gasteiger partial charge in [-0.1, -0.05) is 25.0 Å². The summed E-state index contributed by atoms with van der Waals surface area (Å²) in [6.07, 6.45) is 3.15. The standard InChI is InChI=1S/C20H24N2O5/c1-14(18(24)21-11-6-2-3-7-12-21)27-17(23)10-13-22-19(25)15-8-4-5-9-16(15)20(22)26/h4-5,8-9,14H,2-3,6-7,10-13H2,1H3/t14-/m0/s1. The molecule has 0 unspecified atom stereocenters. The van der Waals surface area contributed by atoms with Crippen LogP contribution in [0.25, 0.3) is 0 Å². The Balaban J connectivity index is 1.50.